The van der Waals surface area contributed by atoms with Gasteiger partial charge in [0.05, 0.1) is 18.8 Å². The van der Waals surface area contributed by atoms with E-state index in [0.717, 1.165) is 38.5 Å². The van der Waals surface area contributed by atoms with Gasteiger partial charge < -0.3 is 15.5 Å². The maximum atomic E-state index is 12.3. The van der Waals surface area contributed by atoms with Gasteiger partial charge in [-0.15, -0.1) is 0 Å². The van der Waals surface area contributed by atoms with Crippen LogP contribution in [0, 0.1) is 0 Å². The Bertz CT molecular complexity index is 771. The van der Waals surface area contributed by atoms with Crippen LogP contribution in [0.15, 0.2) is 48.6 Å². The zero-order valence-electron chi connectivity index (χ0n) is 32.0. The summed E-state index contributed by atoms with van der Waals surface area (Å²) in [4.78, 5) is 12.3. The fraction of sp³-hybridized carbons (Fsp3) is 0.795. The molecule has 0 aromatic heterocycles. The van der Waals surface area contributed by atoms with Gasteiger partial charge in [-0.1, -0.05) is 210 Å². The smallest absolute Gasteiger partial charge is 0.220 e. The number of amides is 1. The van der Waals surface area contributed by atoms with Crippen LogP contribution in [0.4, 0.5) is 0 Å². The molecule has 4 heteroatoms. The van der Waals surface area contributed by atoms with Gasteiger partial charge in [-0.25, -0.2) is 0 Å². The predicted octanol–water partition coefficient (Wildman–Crippen LogP) is 12.8. The molecule has 0 heterocycles. The number of aliphatic hydroxyl groups excluding tert-OH is 2. The number of rotatable bonds is 37. The van der Waals surface area contributed by atoms with Crippen molar-refractivity contribution in [2.24, 2.45) is 0 Å². The van der Waals surface area contributed by atoms with E-state index in [2.05, 4.69) is 61.7 Å². The van der Waals surface area contributed by atoms with Crippen molar-refractivity contribution < 1.29 is 15.0 Å². The molecule has 280 valence electrons. The third kappa shape index (κ3) is 35.7. The number of aliphatic hydroxyl groups is 2. The monoisotopic (exact) mass is 672 g/mol. The average molecular weight is 672 g/mol. The molecular formula is C44H81NO3. The molecule has 1 amide bonds. The third-order valence-electron chi connectivity index (χ3n) is 9.37. The first-order valence-electron chi connectivity index (χ1n) is 20.8. The number of hydrogen-bond donors (Lipinski definition) is 3. The Morgan fingerprint density at radius 2 is 0.875 bits per heavy atom. The van der Waals surface area contributed by atoms with Crippen LogP contribution in [0.3, 0.4) is 0 Å². The Hall–Kier alpha value is -1.65. The summed E-state index contributed by atoms with van der Waals surface area (Å²) in [7, 11) is 0. The van der Waals surface area contributed by atoms with Gasteiger partial charge in [0.2, 0.25) is 5.91 Å². The van der Waals surface area contributed by atoms with Gasteiger partial charge in [0, 0.05) is 6.42 Å². The van der Waals surface area contributed by atoms with Crippen molar-refractivity contribution in [3.63, 3.8) is 0 Å². The second-order valence-electron chi connectivity index (χ2n) is 14.0. The van der Waals surface area contributed by atoms with E-state index in [9.17, 15) is 15.0 Å². The largest absolute Gasteiger partial charge is 0.394 e. The molecule has 0 rings (SSSR count). The normalized spacial score (nSPS) is 13.5. The minimum atomic E-state index is -0.689. The van der Waals surface area contributed by atoms with Crippen LogP contribution in [0.1, 0.15) is 206 Å². The van der Waals surface area contributed by atoms with Crippen LogP contribution in [-0.4, -0.2) is 34.9 Å². The van der Waals surface area contributed by atoms with Gasteiger partial charge in [0.1, 0.15) is 0 Å². The number of carbonyl (C=O) groups is 1. The lowest BCUT2D eigenvalue weighted by molar-refractivity contribution is -0.123. The molecule has 3 N–H and O–H groups in total. The molecule has 0 aromatic carbocycles. The second-order valence-corrected chi connectivity index (χ2v) is 14.0. The molecule has 0 aromatic rings. The summed E-state index contributed by atoms with van der Waals surface area (Å²) >= 11 is 0. The Kier molecular flexibility index (Phi) is 38.4. The van der Waals surface area contributed by atoms with Crippen LogP contribution >= 0.6 is 0 Å². The van der Waals surface area contributed by atoms with E-state index in [1.165, 1.54) is 135 Å². The van der Waals surface area contributed by atoms with Crippen LogP contribution in [-0.2, 0) is 4.79 Å². The molecule has 2 atom stereocenters. The minimum Gasteiger partial charge on any atom is -0.394 e. The number of carbonyl (C=O) groups excluding carboxylic acids is 1. The number of hydrogen-bond acceptors (Lipinski definition) is 3. The lowest BCUT2D eigenvalue weighted by Crippen LogP contribution is -2.45. The standard InChI is InChI=1S/C44H81NO3/c1-3-5-7-9-11-13-15-17-18-19-20-21-22-23-24-25-26-28-29-31-33-35-37-39-43(47)42(41-46)45-44(48)40-38-36-34-32-30-27-16-14-12-10-8-6-4-2/h6,8,12,14,27,30,34,36,42-43,46-47H,3-5,7,9-11,13,15-26,28-29,31-33,35,37-41H2,1-2H3,(H,45,48)/b8-6-,14-12-,30-27-,36-34-. The topological polar surface area (TPSA) is 69.6 Å². The summed E-state index contributed by atoms with van der Waals surface area (Å²) < 4.78 is 0. The highest BCUT2D eigenvalue weighted by molar-refractivity contribution is 5.76. The summed E-state index contributed by atoms with van der Waals surface area (Å²) in [5, 5.41) is 23.0. The van der Waals surface area contributed by atoms with E-state index < -0.39 is 12.1 Å². The first-order chi connectivity index (χ1) is 23.7. The first-order valence-corrected chi connectivity index (χ1v) is 20.8. The predicted molar refractivity (Wildman–Crippen MR) is 211 cm³/mol. The molecule has 0 bridgehead atoms. The van der Waals surface area contributed by atoms with E-state index in [1.54, 1.807) is 0 Å². The molecule has 0 fully saturated rings. The Morgan fingerprint density at radius 3 is 1.25 bits per heavy atom. The molecule has 0 aliphatic heterocycles. The molecule has 0 spiro atoms. The van der Waals surface area contributed by atoms with E-state index in [4.69, 9.17) is 0 Å². The van der Waals surface area contributed by atoms with Gasteiger partial charge in [0.15, 0.2) is 0 Å². The highest BCUT2D eigenvalue weighted by Crippen LogP contribution is 2.16. The Morgan fingerprint density at radius 1 is 0.521 bits per heavy atom. The molecular weight excluding hydrogens is 590 g/mol. The summed E-state index contributed by atoms with van der Waals surface area (Å²) in [6, 6.07) is -0.574. The summed E-state index contributed by atoms with van der Waals surface area (Å²) in [5.74, 6) is -0.111. The van der Waals surface area contributed by atoms with E-state index in [-0.39, 0.29) is 12.5 Å². The van der Waals surface area contributed by atoms with Crippen molar-refractivity contribution in [2.75, 3.05) is 6.61 Å². The molecule has 0 saturated heterocycles. The van der Waals surface area contributed by atoms with Crippen molar-refractivity contribution in [1.29, 1.82) is 0 Å². The van der Waals surface area contributed by atoms with E-state index in [0.29, 0.717) is 19.3 Å². The van der Waals surface area contributed by atoms with Gasteiger partial charge in [-0.05, 0) is 38.5 Å². The fourth-order valence-electron chi connectivity index (χ4n) is 6.19. The highest BCUT2D eigenvalue weighted by atomic mass is 16.3. The average Bonchev–Trinajstić information content (AvgIpc) is 3.09. The van der Waals surface area contributed by atoms with Crippen LogP contribution in [0.2, 0.25) is 0 Å². The van der Waals surface area contributed by atoms with Gasteiger partial charge in [-0.2, -0.15) is 0 Å². The summed E-state index contributed by atoms with van der Waals surface area (Å²) in [6.07, 6.45) is 53.5. The summed E-state index contributed by atoms with van der Waals surface area (Å²) in [6.45, 7) is 4.21. The van der Waals surface area contributed by atoms with Gasteiger partial charge in [-0.3, -0.25) is 4.79 Å². The van der Waals surface area contributed by atoms with Crippen LogP contribution < -0.4 is 5.32 Å². The van der Waals surface area contributed by atoms with Crippen molar-refractivity contribution in [1.82, 2.24) is 5.32 Å². The zero-order valence-corrected chi connectivity index (χ0v) is 32.0. The van der Waals surface area contributed by atoms with E-state index >= 15 is 0 Å². The molecule has 0 saturated carbocycles. The molecule has 4 nitrogen and oxygen atoms in total. The molecule has 0 radical (unpaired) electrons. The molecule has 0 aliphatic rings. The lowest BCUT2D eigenvalue weighted by atomic mass is 10.0. The van der Waals surface area contributed by atoms with Crippen molar-refractivity contribution in [3.8, 4) is 0 Å². The maximum Gasteiger partial charge on any atom is 0.220 e. The van der Waals surface area contributed by atoms with Crippen LogP contribution in [0.25, 0.3) is 0 Å². The van der Waals surface area contributed by atoms with Gasteiger partial charge in [0.25, 0.3) is 0 Å². The Labute approximate surface area is 299 Å². The van der Waals surface area contributed by atoms with Crippen molar-refractivity contribution in [3.05, 3.63) is 48.6 Å². The quantitative estimate of drug-likeness (QED) is 0.0455. The fourth-order valence-corrected chi connectivity index (χ4v) is 6.19. The number of allylic oxidation sites excluding steroid dienone is 8. The number of unbranched alkanes of at least 4 members (excludes halogenated alkanes) is 22. The molecule has 0 aliphatic carbocycles. The minimum absolute atomic E-state index is 0.111. The van der Waals surface area contributed by atoms with Crippen LogP contribution in [0.5, 0.6) is 0 Å². The Balaban J connectivity index is 3.55. The highest BCUT2D eigenvalue weighted by Gasteiger charge is 2.19. The molecule has 48 heavy (non-hydrogen) atoms. The molecule has 2 unspecified atom stereocenters. The van der Waals surface area contributed by atoms with Crippen molar-refractivity contribution in [2.45, 2.75) is 219 Å². The zero-order chi connectivity index (χ0) is 35.0. The SMILES string of the molecule is CC/C=C\C/C=C\C/C=C\C/C=C\CCC(=O)NC(CO)C(O)CCCCCCCCCCCCCCCCCCCCCCCCC. The van der Waals surface area contributed by atoms with Gasteiger partial charge >= 0.3 is 0 Å². The lowest BCUT2D eigenvalue weighted by Gasteiger charge is -2.22. The third-order valence-corrected chi connectivity index (χ3v) is 9.37. The summed E-state index contributed by atoms with van der Waals surface area (Å²) in [5.41, 5.74) is 0. The first kappa shape index (κ1) is 46.4. The van der Waals surface area contributed by atoms with E-state index in [1.807, 2.05) is 6.08 Å². The van der Waals surface area contributed by atoms with Crippen molar-refractivity contribution >= 4 is 5.91 Å². The maximum absolute atomic E-state index is 12.3. The number of nitrogens with one attached hydrogen (secondary N) is 1. The second kappa shape index (κ2) is 39.8.